The molecule has 7 heteroatoms. The van der Waals surface area contributed by atoms with E-state index in [2.05, 4.69) is 26.2 Å². The van der Waals surface area contributed by atoms with Crippen LogP contribution in [0.15, 0.2) is 59.2 Å². The van der Waals surface area contributed by atoms with E-state index in [0.717, 1.165) is 20.9 Å². The molecule has 0 radical (unpaired) electrons. The number of carbonyl (C=O) groups excluding carboxylic acids is 2. The zero-order valence-corrected chi connectivity index (χ0v) is 16.3. The molecule has 0 aliphatic rings. The van der Waals surface area contributed by atoms with Gasteiger partial charge >= 0.3 is 5.97 Å². The molecular formula is C20H19BrN2O4. The summed E-state index contributed by atoms with van der Waals surface area (Å²) in [6.07, 6.45) is 2.16. The topological polar surface area (TPSA) is 80.4 Å². The number of ether oxygens (including phenoxy) is 2. The van der Waals surface area contributed by atoms with Gasteiger partial charge in [0.25, 0.3) is 5.91 Å². The maximum atomic E-state index is 12.2. The molecule has 0 bridgehead atoms. The van der Waals surface area contributed by atoms with E-state index in [1.54, 1.807) is 12.1 Å². The zero-order valence-electron chi connectivity index (χ0n) is 14.7. The van der Waals surface area contributed by atoms with Gasteiger partial charge in [-0.25, -0.2) is 4.79 Å². The Balaban J connectivity index is 1.65. The van der Waals surface area contributed by atoms with E-state index in [4.69, 9.17) is 9.47 Å². The van der Waals surface area contributed by atoms with Crippen LogP contribution in [0.4, 0.5) is 0 Å². The van der Waals surface area contributed by atoms with E-state index < -0.39 is 17.9 Å². The first-order valence-corrected chi connectivity index (χ1v) is 9.16. The van der Waals surface area contributed by atoms with E-state index in [0.29, 0.717) is 12.2 Å². The van der Waals surface area contributed by atoms with Crippen LogP contribution in [0.25, 0.3) is 10.9 Å². The van der Waals surface area contributed by atoms with Crippen molar-refractivity contribution in [1.82, 2.24) is 10.3 Å². The van der Waals surface area contributed by atoms with Gasteiger partial charge in [0, 0.05) is 28.0 Å². The van der Waals surface area contributed by atoms with Gasteiger partial charge in [-0.2, -0.15) is 0 Å². The molecule has 27 heavy (non-hydrogen) atoms. The standard InChI is InChI=1S/C20H19BrN2O4/c1-26-20(25)18(10-13-11-22-17-5-3-2-4-16(13)17)23-19(24)12-27-15-8-6-14(21)7-9-15/h2-9,11,18,22H,10,12H2,1H3,(H,23,24)/t18-/m1/s1. The van der Waals surface area contributed by atoms with Crippen molar-refractivity contribution in [3.8, 4) is 5.75 Å². The highest BCUT2D eigenvalue weighted by Gasteiger charge is 2.23. The fourth-order valence-electron chi connectivity index (χ4n) is 2.77. The number of aromatic amines is 1. The van der Waals surface area contributed by atoms with Gasteiger partial charge in [-0.1, -0.05) is 34.1 Å². The Morgan fingerprint density at radius 1 is 1.15 bits per heavy atom. The van der Waals surface area contributed by atoms with E-state index in [-0.39, 0.29) is 6.61 Å². The molecule has 0 fully saturated rings. The minimum Gasteiger partial charge on any atom is -0.484 e. The number of fused-ring (bicyclic) bond motifs is 1. The van der Waals surface area contributed by atoms with Crippen LogP contribution in [0.2, 0.25) is 0 Å². The molecule has 140 valence electrons. The molecule has 1 atom stereocenters. The predicted octanol–water partition coefficient (Wildman–Crippen LogP) is 3.21. The number of methoxy groups -OCH3 is 1. The lowest BCUT2D eigenvalue weighted by molar-refractivity contribution is -0.145. The molecule has 6 nitrogen and oxygen atoms in total. The molecule has 0 aliphatic heterocycles. The predicted molar refractivity (Wildman–Crippen MR) is 106 cm³/mol. The second-order valence-electron chi connectivity index (χ2n) is 5.95. The summed E-state index contributed by atoms with van der Waals surface area (Å²) in [4.78, 5) is 27.5. The lowest BCUT2D eigenvalue weighted by Gasteiger charge is -2.16. The number of nitrogens with one attached hydrogen (secondary N) is 2. The van der Waals surface area contributed by atoms with Gasteiger partial charge in [0.15, 0.2) is 6.61 Å². The van der Waals surface area contributed by atoms with Gasteiger partial charge in [-0.05, 0) is 35.9 Å². The van der Waals surface area contributed by atoms with Crippen molar-refractivity contribution >= 4 is 38.7 Å². The van der Waals surface area contributed by atoms with Gasteiger partial charge < -0.3 is 19.8 Å². The zero-order chi connectivity index (χ0) is 19.2. The highest BCUT2D eigenvalue weighted by atomic mass is 79.9. The Morgan fingerprint density at radius 3 is 2.63 bits per heavy atom. The lowest BCUT2D eigenvalue weighted by atomic mass is 10.0. The van der Waals surface area contributed by atoms with Crippen LogP contribution in [0.1, 0.15) is 5.56 Å². The van der Waals surface area contributed by atoms with Gasteiger partial charge in [-0.15, -0.1) is 0 Å². The fourth-order valence-corrected chi connectivity index (χ4v) is 3.04. The monoisotopic (exact) mass is 430 g/mol. The minimum atomic E-state index is -0.796. The Bertz CT molecular complexity index is 937. The number of benzene rings is 2. The van der Waals surface area contributed by atoms with Crippen LogP contribution in [-0.2, 0) is 20.7 Å². The number of esters is 1. The van der Waals surface area contributed by atoms with Gasteiger partial charge in [0.1, 0.15) is 11.8 Å². The number of halogens is 1. The molecule has 0 saturated carbocycles. The Morgan fingerprint density at radius 2 is 1.89 bits per heavy atom. The summed E-state index contributed by atoms with van der Waals surface area (Å²) < 4.78 is 11.2. The number of hydrogen-bond acceptors (Lipinski definition) is 4. The summed E-state index contributed by atoms with van der Waals surface area (Å²) in [7, 11) is 1.30. The highest BCUT2D eigenvalue weighted by molar-refractivity contribution is 9.10. The van der Waals surface area contributed by atoms with Crippen LogP contribution >= 0.6 is 15.9 Å². The maximum absolute atomic E-state index is 12.2. The number of aromatic nitrogens is 1. The minimum absolute atomic E-state index is 0.191. The first-order chi connectivity index (χ1) is 13.1. The molecule has 2 aromatic carbocycles. The molecule has 3 rings (SSSR count). The van der Waals surface area contributed by atoms with Crippen LogP contribution in [-0.4, -0.2) is 36.6 Å². The van der Waals surface area contributed by atoms with Crippen molar-refractivity contribution in [2.45, 2.75) is 12.5 Å². The molecule has 0 aliphatic carbocycles. The third-order valence-electron chi connectivity index (χ3n) is 4.10. The van der Waals surface area contributed by atoms with Crippen molar-refractivity contribution in [1.29, 1.82) is 0 Å². The average molecular weight is 431 g/mol. The van der Waals surface area contributed by atoms with Crippen molar-refractivity contribution in [2.75, 3.05) is 13.7 Å². The van der Waals surface area contributed by atoms with Gasteiger partial charge in [-0.3, -0.25) is 4.79 Å². The smallest absolute Gasteiger partial charge is 0.328 e. The van der Waals surface area contributed by atoms with Crippen molar-refractivity contribution in [3.05, 3.63) is 64.8 Å². The molecule has 1 aromatic heterocycles. The number of amides is 1. The van der Waals surface area contributed by atoms with Crippen LogP contribution in [0.5, 0.6) is 5.75 Å². The first-order valence-electron chi connectivity index (χ1n) is 8.37. The van der Waals surface area contributed by atoms with Crippen molar-refractivity contribution in [2.24, 2.45) is 0 Å². The second kappa shape index (κ2) is 8.73. The number of rotatable bonds is 7. The summed E-state index contributed by atoms with van der Waals surface area (Å²) in [5.41, 5.74) is 1.90. The van der Waals surface area contributed by atoms with E-state index >= 15 is 0 Å². The SMILES string of the molecule is COC(=O)[C@@H](Cc1c[nH]c2ccccc12)NC(=O)COc1ccc(Br)cc1. The van der Waals surface area contributed by atoms with Crippen molar-refractivity contribution in [3.63, 3.8) is 0 Å². The normalized spacial score (nSPS) is 11.8. The number of carbonyl (C=O) groups is 2. The third kappa shape index (κ3) is 4.89. The average Bonchev–Trinajstić information content (AvgIpc) is 3.09. The molecule has 1 heterocycles. The Hall–Kier alpha value is -2.80. The molecule has 0 spiro atoms. The van der Waals surface area contributed by atoms with Crippen LogP contribution in [0.3, 0.4) is 0 Å². The Labute approximate surface area is 165 Å². The van der Waals surface area contributed by atoms with Gasteiger partial charge in [0.2, 0.25) is 0 Å². The molecule has 1 amide bonds. The molecule has 2 N–H and O–H groups in total. The van der Waals surface area contributed by atoms with Crippen molar-refractivity contribution < 1.29 is 19.1 Å². The van der Waals surface area contributed by atoms with E-state index in [1.807, 2.05) is 42.6 Å². The van der Waals surface area contributed by atoms with E-state index in [9.17, 15) is 9.59 Å². The van der Waals surface area contributed by atoms with Gasteiger partial charge in [0.05, 0.1) is 7.11 Å². The second-order valence-corrected chi connectivity index (χ2v) is 6.87. The molecule has 0 unspecified atom stereocenters. The van der Waals surface area contributed by atoms with Crippen LogP contribution < -0.4 is 10.1 Å². The lowest BCUT2D eigenvalue weighted by Crippen LogP contribution is -2.44. The highest BCUT2D eigenvalue weighted by Crippen LogP contribution is 2.19. The molecular weight excluding hydrogens is 412 g/mol. The quantitative estimate of drug-likeness (QED) is 0.563. The summed E-state index contributed by atoms with van der Waals surface area (Å²) >= 11 is 3.34. The number of H-pyrrole nitrogens is 1. The molecule has 3 aromatic rings. The molecule has 0 saturated heterocycles. The summed E-state index contributed by atoms with van der Waals surface area (Å²) in [6.45, 7) is -0.191. The number of para-hydroxylation sites is 1. The van der Waals surface area contributed by atoms with Crippen LogP contribution in [0, 0.1) is 0 Å². The van der Waals surface area contributed by atoms with E-state index in [1.165, 1.54) is 7.11 Å². The summed E-state index contributed by atoms with van der Waals surface area (Å²) in [6, 6.07) is 14.1. The maximum Gasteiger partial charge on any atom is 0.328 e. The summed E-state index contributed by atoms with van der Waals surface area (Å²) in [5, 5.41) is 3.70. The summed E-state index contributed by atoms with van der Waals surface area (Å²) in [5.74, 6) is -0.329. The Kier molecular flexibility index (Phi) is 6.13. The third-order valence-corrected chi connectivity index (χ3v) is 4.63. The first kappa shape index (κ1) is 19.0. The fraction of sp³-hybridized carbons (Fsp3) is 0.200. The largest absolute Gasteiger partial charge is 0.484 e. The number of hydrogen-bond donors (Lipinski definition) is 2.